The molecule has 0 aliphatic carbocycles. The standard InChI is InChI=1S/C24H21NO3/c26-23(19-12-10-18(11-13-19)17-6-2-1-3-7-17)25-15-14-20(16-25)21-8-4-5-9-22(21)24(27)28/h1-13,20H,14-16H2,(H,27,28). The minimum atomic E-state index is -0.920. The number of likely N-dealkylation sites (tertiary alicyclic amines) is 1. The highest BCUT2D eigenvalue weighted by Gasteiger charge is 2.30. The Morgan fingerprint density at radius 2 is 1.46 bits per heavy atom. The third-order valence-electron chi connectivity index (χ3n) is 5.35. The number of hydrogen-bond donors (Lipinski definition) is 1. The molecule has 0 bridgehead atoms. The van der Waals surface area contributed by atoms with E-state index in [-0.39, 0.29) is 11.8 Å². The summed E-state index contributed by atoms with van der Waals surface area (Å²) in [5.41, 5.74) is 3.99. The first-order valence-electron chi connectivity index (χ1n) is 9.40. The monoisotopic (exact) mass is 371 g/mol. The van der Waals surface area contributed by atoms with Crippen LogP contribution in [0.1, 0.15) is 38.6 Å². The summed E-state index contributed by atoms with van der Waals surface area (Å²) < 4.78 is 0. The van der Waals surface area contributed by atoms with Crippen LogP contribution in [-0.4, -0.2) is 35.0 Å². The Kier molecular flexibility index (Phi) is 4.94. The van der Waals surface area contributed by atoms with Crippen molar-refractivity contribution in [2.45, 2.75) is 12.3 Å². The molecule has 0 saturated carbocycles. The quantitative estimate of drug-likeness (QED) is 0.724. The lowest BCUT2D eigenvalue weighted by Gasteiger charge is -2.18. The second-order valence-corrected chi connectivity index (χ2v) is 7.07. The number of nitrogens with zero attached hydrogens (tertiary/aromatic N) is 1. The van der Waals surface area contributed by atoms with Gasteiger partial charge in [-0.3, -0.25) is 4.79 Å². The number of hydrogen-bond acceptors (Lipinski definition) is 2. The predicted molar refractivity (Wildman–Crippen MR) is 109 cm³/mol. The van der Waals surface area contributed by atoms with Crippen molar-refractivity contribution >= 4 is 11.9 Å². The highest BCUT2D eigenvalue weighted by Crippen LogP contribution is 2.31. The van der Waals surface area contributed by atoms with Gasteiger partial charge in [0.15, 0.2) is 0 Å². The van der Waals surface area contributed by atoms with Gasteiger partial charge in [0.1, 0.15) is 0 Å². The molecule has 1 unspecified atom stereocenters. The highest BCUT2D eigenvalue weighted by molar-refractivity contribution is 5.95. The zero-order valence-corrected chi connectivity index (χ0v) is 15.4. The topological polar surface area (TPSA) is 57.6 Å². The summed E-state index contributed by atoms with van der Waals surface area (Å²) in [5, 5.41) is 9.42. The smallest absolute Gasteiger partial charge is 0.335 e. The largest absolute Gasteiger partial charge is 0.478 e. The number of carboxylic acid groups (broad SMARTS) is 1. The van der Waals surface area contributed by atoms with Crippen LogP contribution in [0.25, 0.3) is 11.1 Å². The summed E-state index contributed by atoms with van der Waals surface area (Å²) in [5.74, 6) is -0.869. The number of aromatic carboxylic acids is 1. The van der Waals surface area contributed by atoms with Crippen LogP contribution >= 0.6 is 0 Å². The van der Waals surface area contributed by atoms with Gasteiger partial charge in [-0.2, -0.15) is 0 Å². The van der Waals surface area contributed by atoms with Crippen molar-refractivity contribution in [3.8, 4) is 11.1 Å². The van der Waals surface area contributed by atoms with Gasteiger partial charge < -0.3 is 10.0 Å². The fourth-order valence-electron chi connectivity index (χ4n) is 3.86. The van der Waals surface area contributed by atoms with Crippen molar-refractivity contribution < 1.29 is 14.7 Å². The van der Waals surface area contributed by atoms with Crippen LogP contribution in [0, 0.1) is 0 Å². The maximum atomic E-state index is 12.9. The molecular weight excluding hydrogens is 350 g/mol. The molecule has 140 valence electrons. The molecule has 4 heteroatoms. The van der Waals surface area contributed by atoms with E-state index >= 15 is 0 Å². The molecule has 1 aliphatic heterocycles. The normalized spacial score (nSPS) is 16.1. The van der Waals surface area contributed by atoms with E-state index in [0.717, 1.165) is 23.1 Å². The van der Waals surface area contributed by atoms with Crippen LogP contribution in [0.5, 0.6) is 0 Å². The van der Waals surface area contributed by atoms with Gasteiger partial charge in [0.05, 0.1) is 5.56 Å². The zero-order chi connectivity index (χ0) is 19.5. The van der Waals surface area contributed by atoms with E-state index in [0.29, 0.717) is 24.2 Å². The SMILES string of the molecule is O=C(O)c1ccccc1C1CCN(C(=O)c2ccc(-c3ccccc3)cc2)C1. The number of carbonyl (C=O) groups is 2. The molecule has 3 aromatic carbocycles. The number of rotatable bonds is 4. The third kappa shape index (κ3) is 3.54. The Morgan fingerprint density at radius 3 is 2.18 bits per heavy atom. The van der Waals surface area contributed by atoms with Gasteiger partial charge in [-0.05, 0) is 41.3 Å². The van der Waals surface area contributed by atoms with E-state index in [1.54, 1.807) is 12.1 Å². The molecule has 4 nitrogen and oxygen atoms in total. The molecule has 1 heterocycles. The summed E-state index contributed by atoms with van der Waals surface area (Å²) >= 11 is 0. The van der Waals surface area contributed by atoms with Crippen molar-refractivity contribution in [1.82, 2.24) is 4.90 Å². The summed E-state index contributed by atoms with van der Waals surface area (Å²) in [4.78, 5) is 26.2. The maximum Gasteiger partial charge on any atom is 0.335 e. The Bertz CT molecular complexity index is 996. The van der Waals surface area contributed by atoms with Crippen molar-refractivity contribution in [2.24, 2.45) is 0 Å². The lowest BCUT2D eigenvalue weighted by Crippen LogP contribution is -2.28. The molecule has 1 amide bonds. The first-order valence-corrected chi connectivity index (χ1v) is 9.40. The van der Waals surface area contributed by atoms with Crippen molar-refractivity contribution in [3.05, 3.63) is 95.6 Å². The van der Waals surface area contributed by atoms with Gasteiger partial charge >= 0.3 is 5.97 Å². The summed E-state index contributed by atoms with van der Waals surface area (Å²) in [6.07, 6.45) is 0.776. The second-order valence-electron chi connectivity index (χ2n) is 7.07. The van der Waals surface area contributed by atoms with Crippen molar-refractivity contribution in [1.29, 1.82) is 0 Å². The molecule has 0 radical (unpaired) electrons. The third-order valence-corrected chi connectivity index (χ3v) is 5.35. The molecule has 1 aliphatic rings. The van der Waals surface area contributed by atoms with Crippen molar-refractivity contribution in [3.63, 3.8) is 0 Å². The van der Waals surface area contributed by atoms with Gasteiger partial charge in [-0.15, -0.1) is 0 Å². The fourth-order valence-corrected chi connectivity index (χ4v) is 3.86. The molecular formula is C24H21NO3. The lowest BCUT2D eigenvalue weighted by molar-refractivity contribution is 0.0695. The second kappa shape index (κ2) is 7.69. The van der Waals surface area contributed by atoms with E-state index in [4.69, 9.17) is 0 Å². The molecule has 28 heavy (non-hydrogen) atoms. The average molecular weight is 371 g/mol. The molecule has 3 aromatic rings. The summed E-state index contributed by atoms with van der Waals surface area (Å²) in [6, 6.07) is 24.8. The van der Waals surface area contributed by atoms with Crippen LogP contribution in [0.3, 0.4) is 0 Å². The van der Waals surface area contributed by atoms with Gasteiger partial charge in [-0.25, -0.2) is 4.79 Å². The minimum Gasteiger partial charge on any atom is -0.478 e. The molecule has 4 rings (SSSR count). The van der Waals surface area contributed by atoms with E-state index in [1.807, 2.05) is 71.6 Å². The highest BCUT2D eigenvalue weighted by atomic mass is 16.4. The van der Waals surface area contributed by atoms with E-state index in [2.05, 4.69) is 0 Å². The van der Waals surface area contributed by atoms with E-state index in [9.17, 15) is 14.7 Å². The van der Waals surface area contributed by atoms with Crippen LogP contribution in [0.4, 0.5) is 0 Å². The summed E-state index contributed by atoms with van der Waals surface area (Å²) in [7, 11) is 0. The molecule has 1 N–H and O–H groups in total. The first-order chi connectivity index (χ1) is 13.6. The number of amides is 1. The van der Waals surface area contributed by atoms with Crippen LogP contribution < -0.4 is 0 Å². The van der Waals surface area contributed by atoms with Crippen LogP contribution in [0.2, 0.25) is 0 Å². The van der Waals surface area contributed by atoms with Crippen LogP contribution in [0.15, 0.2) is 78.9 Å². The average Bonchev–Trinajstić information content (AvgIpc) is 3.24. The van der Waals surface area contributed by atoms with Gasteiger partial charge in [0.25, 0.3) is 5.91 Å². The Hall–Kier alpha value is -3.40. The molecule has 1 saturated heterocycles. The van der Waals surface area contributed by atoms with Crippen LogP contribution in [-0.2, 0) is 0 Å². The number of carbonyl (C=O) groups excluding carboxylic acids is 1. The molecule has 0 spiro atoms. The van der Waals surface area contributed by atoms with Crippen molar-refractivity contribution in [2.75, 3.05) is 13.1 Å². The first kappa shape index (κ1) is 18.0. The lowest BCUT2D eigenvalue weighted by atomic mass is 9.93. The van der Waals surface area contributed by atoms with Gasteiger partial charge in [-0.1, -0.05) is 60.7 Å². The predicted octanol–water partition coefficient (Wildman–Crippen LogP) is 4.68. The van der Waals surface area contributed by atoms with Gasteiger partial charge in [0.2, 0.25) is 0 Å². The Balaban J connectivity index is 1.49. The number of benzene rings is 3. The summed E-state index contributed by atoms with van der Waals surface area (Å²) in [6.45, 7) is 1.18. The van der Waals surface area contributed by atoms with Gasteiger partial charge in [0, 0.05) is 24.6 Å². The molecule has 1 atom stereocenters. The fraction of sp³-hybridized carbons (Fsp3) is 0.167. The molecule has 1 fully saturated rings. The van der Waals surface area contributed by atoms with E-state index < -0.39 is 5.97 Å². The van der Waals surface area contributed by atoms with E-state index in [1.165, 1.54) is 0 Å². The Morgan fingerprint density at radius 1 is 0.821 bits per heavy atom. The number of carboxylic acids is 1. The minimum absolute atomic E-state index is 0.00471. The molecule has 0 aromatic heterocycles. The Labute approximate surface area is 164 Å². The maximum absolute atomic E-state index is 12.9. The zero-order valence-electron chi connectivity index (χ0n) is 15.4.